The van der Waals surface area contributed by atoms with Crippen molar-refractivity contribution < 1.29 is 17.9 Å². The fourth-order valence-corrected chi connectivity index (χ4v) is 1.66. The van der Waals surface area contributed by atoms with Crippen molar-refractivity contribution in [1.82, 2.24) is 0 Å². The van der Waals surface area contributed by atoms with Crippen molar-refractivity contribution in [3.8, 4) is 0 Å². The van der Waals surface area contributed by atoms with E-state index in [1.54, 1.807) is 25.1 Å². The van der Waals surface area contributed by atoms with Crippen LogP contribution in [0.1, 0.15) is 12.5 Å². The standard InChI is InChI=1S/C7H9NO2S.C3H6O2/c1-6-4-2-3-5-7(6)11(8,9)10;1-3(4)5-2/h2-5H,1H3,(H2,8,9,10);1-2H3. The molecule has 16 heavy (non-hydrogen) atoms. The van der Waals surface area contributed by atoms with Gasteiger partial charge in [0.05, 0.1) is 12.0 Å². The fourth-order valence-electron chi connectivity index (χ4n) is 0.876. The van der Waals surface area contributed by atoms with Crippen molar-refractivity contribution in [2.24, 2.45) is 5.14 Å². The molecule has 0 fully saturated rings. The third-order valence-electron chi connectivity index (χ3n) is 1.69. The number of aryl methyl sites for hydroxylation is 1. The maximum absolute atomic E-state index is 10.8. The third-order valence-corrected chi connectivity index (χ3v) is 2.76. The van der Waals surface area contributed by atoms with Gasteiger partial charge in [0.25, 0.3) is 0 Å². The summed E-state index contributed by atoms with van der Waals surface area (Å²) >= 11 is 0. The summed E-state index contributed by atoms with van der Waals surface area (Å²) < 4.78 is 25.8. The molecule has 0 amide bonds. The summed E-state index contributed by atoms with van der Waals surface area (Å²) in [6, 6.07) is 6.61. The second-order valence-corrected chi connectivity index (χ2v) is 4.54. The second-order valence-electron chi connectivity index (χ2n) is 3.01. The van der Waals surface area contributed by atoms with E-state index in [0.29, 0.717) is 5.56 Å². The highest BCUT2D eigenvalue weighted by Gasteiger charge is 2.08. The number of sulfonamides is 1. The first kappa shape index (κ1) is 14.6. The summed E-state index contributed by atoms with van der Waals surface area (Å²) in [5.41, 5.74) is 0.676. The van der Waals surface area contributed by atoms with Gasteiger partial charge in [-0.15, -0.1) is 0 Å². The number of primary sulfonamides is 1. The number of ether oxygens (including phenoxy) is 1. The molecule has 0 aliphatic carbocycles. The number of hydrogen-bond acceptors (Lipinski definition) is 4. The molecule has 0 radical (unpaired) electrons. The molecule has 5 nitrogen and oxygen atoms in total. The Kier molecular flexibility index (Phi) is 5.69. The Morgan fingerprint density at radius 2 is 1.75 bits per heavy atom. The lowest BCUT2D eigenvalue weighted by atomic mass is 10.2. The first-order chi connectivity index (χ1) is 7.29. The highest BCUT2D eigenvalue weighted by molar-refractivity contribution is 7.89. The summed E-state index contributed by atoms with van der Waals surface area (Å²) in [5, 5.41) is 4.93. The molecule has 1 aromatic carbocycles. The Bertz CT molecular complexity index is 454. The van der Waals surface area contributed by atoms with E-state index in [-0.39, 0.29) is 10.9 Å². The van der Waals surface area contributed by atoms with Crippen LogP contribution >= 0.6 is 0 Å². The van der Waals surface area contributed by atoms with E-state index >= 15 is 0 Å². The predicted octanol–water partition coefficient (Wildman–Crippen LogP) is 0.822. The highest BCUT2D eigenvalue weighted by Crippen LogP contribution is 2.10. The number of carbonyl (C=O) groups is 1. The number of hydrogen-bond donors (Lipinski definition) is 1. The first-order valence-electron chi connectivity index (χ1n) is 4.42. The first-order valence-corrected chi connectivity index (χ1v) is 5.96. The topological polar surface area (TPSA) is 86.5 Å². The molecule has 1 aromatic rings. The number of methoxy groups -OCH3 is 1. The molecule has 0 aromatic heterocycles. The van der Waals surface area contributed by atoms with Gasteiger partial charge in [-0.2, -0.15) is 0 Å². The minimum absolute atomic E-state index is 0.194. The number of rotatable bonds is 1. The summed E-state index contributed by atoms with van der Waals surface area (Å²) in [6.45, 7) is 3.07. The van der Waals surface area contributed by atoms with E-state index in [4.69, 9.17) is 5.14 Å². The number of esters is 1. The van der Waals surface area contributed by atoms with Gasteiger partial charge in [0.1, 0.15) is 0 Å². The summed E-state index contributed by atoms with van der Waals surface area (Å²) in [7, 11) is -2.18. The second kappa shape index (κ2) is 6.24. The SMILES string of the molecule is COC(C)=O.Cc1ccccc1S(N)(=O)=O. The molecule has 1 rings (SSSR count). The Labute approximate surface area is 95.3 Å². The Balaban J connectivity index is 0.000000385. The Hall–Kier alpha value is -1.40. The van der Waals surface area contributed by atoms with E-state index in [2.05, 4.69) is 4.74 Å². The van der Waals surface area contributed by atoms with Crippen LogP contribution in [0.4, 0.5) is 0 Å². The molecule has 0 bridgehead atoms. The van der Waals surface area contributed by atoms with E-state index in [9.17, 15) is 13.2 Å². The van der Waals surface area contributed by atoms with E-state index < -0.39 is 10.0 Å². The van der Waals surface area contributed by atoms with E-state index in [1.165, 1.54) is 20.1 Å². The molecule has 6 heteroatoms. The van der Waals surface area contributed by atoms with Crippen LogP contribution in [-0.2, 0) is 19.6 Å². The zero-order valence-electron chi connectivity index (χ0n) is 9.43. The van der Waals surface area contributed by atoms with Gasteiger partial charge in [-0.3, -0.25) is 4.79 Å². The molecular weight excluding hydrogens is 230 g/mol. The molecule has 0 heterocycles. The molecule has 0 saturated heterocycles. The van der Waals surface area contributed by atoms with Crippen LogP contribution in [0.15, 0.2) is 29.2 Å². The van der Waals surface area contributed by atoms with Gasteiger partial charge in [0.2, 0.25) is 10.0 Å². The van der Waals surface area contributed by atoms with Gasteiger partial charge < -0.3 is 4.74 Å². The zero-order chi connectivity index (χ0) is 12.8. The fraction of sp³-hybridized carbons (Fsp3) is 0.300. The van der Waals surface area contributed by atoms with Crippen LogP contribution in [0.5, 0.6) is 0 Å². The van der Waals surface area contributed by atoms with Crippen molar-refractivity contribution in [3.63, 3.8) is 0 Å². The van der Waals surface area contributed by atoms with Crippen LogP contribution in [0, 0.1) is 6.92 Å². The van der Waals surface area contributed by atoms with Gasteiger partial charge in [-0.25, -0.2) is 13.6 Å². The molecule has 2 N–H and O–H groups in total. The van der Waals surface area contributed by atoms with Crippen molar-refractivity contribution in [2.45, 2.75) is 18.7 Å². The summed E-state index contributed by atoms with van der Waals surface area (Å²) in [4.78, 5) is 9.78. The minimum atomic E-state index is -3.53. The third kappa shape index (κ3) is 5.47. The molecule has 0 aliphatic heterocycles. The molecule has 0 aliphatic rings. The lowest BCUT2D eigenvalue weighted by Gasteiger charge is -2.00. The Morgan fingerprint density at radius 3 is 2.00 bits per heavy atom. The van der Waals surface area contributed by atoms with Crippen molar-refractivity contribution in [1.29, 1.82) is 0 Å². The van der Waals surface area contributed by atoms with Crippen molar-refractivity contribution in [3.05, 3.63) is 29.8 Å². The molecule has 0 saturated carbocycles. The van der Waals surface area contributed by atoms with Crippen molar-refractivity contribution in [2.75, 3.05) is 7.11 Å². The Morgan fingerprint density at radius 1 is 1.31 bits per heavy atom. The highest BCUT2D eigenvalue weighted by atomic mass is 32.2. The lowest BCUT2D eigenvalue weighted by molar-refractivity contribution is -0.137. The lowest BCUT2D eigenvalue weighted by Crippen LogP contribution is -2.13. The average Bonchev–Trinajstić information content (AvgIpc) is 2.17. The molecule has 90 valence electrons. The van der Waals surface area contributed by atoms with Crippen LogP contribution in [0.25, 0.3) is 0 Å². The van der Waals surface area contributed by atoms with Crippen LogP contribution < -0.4 is 5.14 Å². The minimum Gasteiger partial charge on any atom is -0.469 e. The van der Waals surface area contributed by atoms with Crippen molar-refractivity contribution >= 4 is 16.0 Å². The number of carbonyl (C=O) groups excluding carboxylic acids is 1. The quantitative estimate of drug-likeness (QED) is 0.742. The van der Waals surface area contributed by atoms with Gasteiger partial charge in [0, 0.05) is 6.92 Å². The van der Waals surface area contributed by atoms with Gasteiger partial charge >= 0.3 is 5.97 Å². The van der Waals surface area contributed by atoms with Gasteiger partial charge in [-0.05, 0) is 18.6 Å². The summed E-state index contributed by atoms with van der Waals surface area (Å²) in [6.07, 6.45) is 0. The van der Waals surface area contributed by atoms with Crippen LogP contribution in [-0.4, -0.2) is 21.5 Å². The predicted molar refractivity (Wildman–Crippen MR) is 60.2 cm³/mol. The number of benzene rings is 1. The summed E-state index contributed by atoms with van der Waals surface area (Å²) in [5.74, 6) is -0.245. The largest absolute Gasteiger partial charge is 0.469 e. The van der Waals surface area contributed by atoms with Gasteiger partial charge in [0.15, 0.2) is 0 Å². The van der Waals surface area contributed by atoms with E-state index in [1.807, 2.05) is 0 Å². The maximum atomic E-state index is 10.8. The average molecular weight is 245 g/mol. The molecule has 0 atom stereocenters. The molecular formula is C10H15NO4S. The number of nitrogens with two attached hydrogens (primary N) is 1. The van der Waals surface area contributed by atoms with E-state index in [0.717, 1.165) is 0 Å². The van der Waals surface area contributed by atoms with Gasteiger partial charge in [-0.1, -0.05) is 18.2 Å². The normalized spacial score (nSPS) is 10.0. The van der Waals surface area contributed by atoms with Crippen LogP contribution in [0.3, 0.4) is 0 Å². The monoisotopic (exact) mass is 245 g/mol. The maximum Gasteiger partial charge on any atom is 0.302 e. The molecule has 0 unspecified atom stereocenters. The molecule has 0 spiro atoms. The smallest absolute Gasteiger partial charge is 0.302 e. The van der Waals surface area contributed by atoms with Crippen LogP contribution in [0.2, 0.25) is 0 Å². The zero-order valence-corrected chi connectivity index (χ0v) is 10.2.